The number of hydrogen-bond donors (Lipinski definition) is 1. The van der Waals surface area contributed by atoms with Crippen LogP contribution in [0.15, 0.2) is 11.2 Å². The zero-order valence-corrected chi connectivity index (χ0v) is 14.2. The first-order valence-corrected chi connectivity index (χ1v) is 8.86. The predicted octanol–water partition coefficient (Wildman–Crippen LogP) is 2.01. The van der Waals surface area contributed by atoms with Crippen LogP contribution in [-0.4, -0.2) is 52.7 Å². The van der Waals surface area contributed by atoms with Crippen LogP contribution in [0, 0.1) is 0 Å². The summed E-state index contributed by atoms with van der Waals surface area (Å²) >= 11 is 1.65. The molecular formula is C15H25N5OS. The highest BCUT2D eigenvalue weighted by Crippen LogP contribution is 2.22. The van der Waals surface area contributed by atoms with Crippen molar-refractivity contribution in [1.29, 1.82) is 0 Å². The van der Waals surface area contributed by atoms with Crippen molar-refractivity contribution in [3.8, 4) is 0 Å². The molecule has 122 valence electrons. The Hall–Kier alpha value is -1.50. The van der Waals surface area contributed by atoms with Crippen molar-refractivity contribution in [1.82, 2.24) is 14.9 Å². The number of amides is 1. The maximum atomic E-state index is 11.5. The van der Waals surface area contributed by atoms with Crippen LogP contribution in [0.25, 0.3) is 0 Å². The quantitative estimate of drug-likeness (QED) is 0.507. The highest BCUT2D eigenvalue weighted by molar-refractivity contribution is 7.99. The third-order valence-corrected chi connectivity index (χ3v) is 4.64. The largest absolute Gasteiger partial charge is 0.383 e. The molecule has 1 amide bonds. The Morgan fingerprint density at radius 2 is 2.14 bits per heavy atom. The van der Waals surface area contributed by atoms with Crippen LogP contribution >= 0.6 is 11.8 Å². The topological polar surface area (TPSA) is 75.3 Å². The van der Waals surface area contributed by atoms with E-state index in [1.54, 1.807) is 18.7 Å². The lowest BCUT2D eigenvalue weighted by Crippen LogP contribution is -2.34. The molecule has 2 heterocycles. The summed E-state index contributed by atoms with van der Waals surface area (Å²) in [6.45, 7) is 7.02. The van der Waals surface area contributed by atoms with E-state index in [2.05, 4.69) is 21.8 Å². The molecule has 7 heteroatoms. The van der Waals surface area contributed by atoms with Gasteiger partial charge < -0.3 is 15.5 Å². The molecule has 1 aromatic heterocycles. The molecule has 0 saturated carbocycles. The van der Waals surface area contributed by atoms with Gasteiger partial charge in [0.25, 0.3) is 0 Å². The molecule has 2 rings (SSSR count). The van der Waals surface area contributed by atoms with Gasteiger partial charge in [-0.1, -0.05) is 25.1 Å². The molecule has 6 nitrogen and oxygen atoms in total. The van der Waals surface area contributed by atoms with Gasteiger partial charge in [0.15, 0.2) is 5.16 Å². The molecule has 0 radical (unpaired) electrons. The van der Waals surface area contributed by atoms with Crippen molar-refractivity contribution in [2.24, 2.45) is 0 Å². The second kappa shape index (κ2) is 8.22. The number of carbonyl (C=O) groups is 1. The first kappa shape index (κ1) is 16.9. The summed E-state index contributed by atoms with van der Waals surface area (Å²) < 4.78 is 0. The Kier molecular flexibility index (Phi) is 6.30. The molecule has 0 aliphatic carbocycles. The minimum absolute atomic E-state index is 0.139. The molecule has 0 bridgehead atoms. The molecule has 0 spiro atoms. The molecule has 1 fully saturated rings. The van der Waals surface area contributed by atoms with Crippen LogP contribution in [0.5, 0.6) is 0 Å². The summed E-state index contributed by atoms with van der Waals surface area (Å²) in [5.41, 5.74) is 5.93. The van der Waals surface area contributed by atoms with Gasteiger partial charge in [-0.15, -0.1) is 0 Å². The number of nitrogens with zero attached hydrogens (tertiary/aromatic N) is 4. The van der Waals surface area contributed by atoms with Gasteiger partial charge >= 0.3 is 0 Å². The average Bonchev–Trinajstić information content (AvgIpc) is 2.73. The van der Waals surface area contributed by atoms with Crippen LogP contribution < -0.4 is 10.6 Å². The first-order chi connectivity index (χ1) is 10.6. The maximum Gasteiger partial charge on any atom is 0.219 e. The number of anilines is 2. The van der Waals surface area contributed by atoms with Gasteiger partial charge in [-0.25, -0.2) is 9.97 Å². The Balaban J connectivity index is 2.05. The number of unbranched alkanes of at least 4 members (excludes halogenated alkanes) is 1. The number of thioether (sulfide) groups is 1. The smallest absolute Gasteiger partial charge is 0.219 e. The van der Waals surface area contributed by atoms with Gasteiger partial charge in [0.05, 0.1) is 0 Å². The molecule has 0 atom stereocenters. The van der Waals surface area contributed by atoms with Crippen molar-refractivity contribution in [2.75, 3.05) is 42.6 Å². The van der Waals surface area contributed by atoms with E-state index in [1.807, 2.05) is 11.0 Å². The molecule has 0 unspecified atom stereocenters. The van der Waals surface area contributed by atoms with E-state index in [9.17, 15) is 4.79 Å². The van der Waals surface area contributed by atoms with Gasteiger partial charge in [-0.05, 0) is 12.8 Å². The van der Waals surface area contributed by atoms with Crippen LogP contribution in [0.2, 0.25) is 0 Å². The Bertz CT molecular complexity index is 511. The molecule has 1 aliphatic heterocycles. The number of rotatable bonds is 5. The number of carbonyl (C=O) groups excluding carboxylic acids is 1. The van der Waals surface area contributed by atoms with E-state index < -0.39 is 0 Å². The fourth-order valence-electron chi connectivity index (χ4n) is 2.43. The maximum absolute atomic E-state index is 11.5. The SMILES string of the molecule is CCCCSc1nc(N)cc(N2CCCN(C(C)=O)CC2)n1. The first-order valence-electron chi connectivity index (χ1n) is 7.88. The van der Waals surface area contributed by atoms with Crippen molar-refractivity contribution in [3.05, 3.63) is 6.07 Å². The summed E-state index contributed by atoms with van der Waals surface area (Å²) in [4.78, 5) is 24.5. The molecule has 1 aliphatic rings. The van der Waals surface area contributed by atoms with Gasteiger partial charge in [0, 0.05) is 44.9 Å². The van der Waals surface area contributed by atoms with Crippen LogP contribution in [-0.2, 0) is 4.79 Å². The van der Waals surface area contributed by atoms with E-state index in [4.69, 9.17) is 5.73 Å². The van der Waals surface area contributed by atoms with E-state index in [1.165, 1.54) is 0 Å². The van der Waals surface area contributed by atoms with Gasteiger partial charge in [0.2, 0.25) is 5.91 Å². The summed E-state index contributed by atoms with van der Waals surface area (Å²) in [6.07, 6.45) is 3.26. The molecule has 0 aromatic carbocycles. The van der Waals surface area contributed by atoms with E-state index >= 15 is 0 Å². The molecule has 22 heavy (non-hydrogen) atoms. The highest BCUT2D eigenvalue weighted by Gasteiger charge is 2.18. The second-order valence-electron chi connectivity index (χ2n) is 5.48. The third-order valence-electron chi connectivity index (χ3n) is 3.71. The third kappa shape index (κ3) is 4.76. The predicted molar refractivity (Wildman–Crippen MR) is 91.2 cm³/mol. The van der Waals surface area contributed by atoms with E-state index in [0.29, 0.717) is 5.82 Å². The summed E-state index contributed by atoms with van der Waals surface area (Å²) in [6, 6.07) is 1.83. The minimum atomic E-state index is 0.139. The lowest BCUT2D eigenvalue weighted by Gasteiger charge is -2.22. The fourth-order valence-corrected chi connectivity index (χ4v) is 3.37. The Morgan fingerprint density at radius 1 is 1.32 bits per heavy atom. The number of aromatic nitrogens is 2. The number of nitrogen functional groups attached to an aromatic ring is 1. The van der Waals surface area contributed by atoms with E-state index in [0.717, 1.165) is 62.2 Å². The molecule has 1 aromatic rings. The Labute approximate surface area is 136 Å². The molecule has 2 N–H and O–H groups in total. The fraction of sp³-hybridized carbons (Fsp3) is 0.667. The number of nitrogens with two attached hydrogens (primary N) is 1. The van der Waals surface area contributed by atoms with Gasteiger partial charge in [0.1, 0.15) is 11.6 Å². The van der Waals surface area contributed by atoms with Crippen LogP contribution in [0.3, 0.4) is 0 Å². The molecular weight excluding hydrogens is 298 g/mol. The van der Waals surface area contributed by atoms with Crippen molar-refractivity contribution >= 4 is 29.3 Å². The normalized spacial score (nSPS) is 15.7. The van der Waals surface area contributed by atoms with Crippen LogP contribution in [0.1, 0.15) is 33.1 Å². The minimum Gasteiger partial charge on any atom is -0.383 e. The van der Waals surface area contributed by atoms with E-state index in [-0.39, 0.29) is 5.91 Å². The van der Waals surface area contributed by atoms with Gasteiger partial charge in [-0.3, -0.25) is 4.79 Å². The van der Waals surface area contributed by atoms with Crippen molar-refractivity contribution < 1.29 is 4.79 Å². The standard InChI is InChI=1S/C15H25N5OS/c1-3-4-10-22-15-17-13(16)11-14(18-15)20-7-5-6-19(8-9-20)12(2)21/h11H,3-10H2,1-2H3,(H2,16,17,18). The second-order valence-corrected chi connectivity index (χ2v) is 6.54. The monoisotopic (exact) mass is 323 g/mol. The zero-order valence-electron chi connectivity index (χ0n) is 13.4. The lowest BCUT2D eigenvalue weighted by molar-refractivity contribution is -0.128. The summed E-state index contributed by atoms with van der Waals surface area (Å²) in [7, 11) is 0. The average molecular weight is 323 g/mol. The summed E-state index contributed by atoms with van der Waals surface area (Å²) in [5.74, 6) is 2.53. The van der Waals surface area contributed by atoms with Crippen molar-refractivity contribution in [2.45, 2.75) is 38.3 Å². The summed E-state index contributed by atoms with van der Waals surface area (Å²) in [5, 5.41) is 0.746. The molecule has 1 saturated heterocycles. The Morgan fingerprint density at radius 3 is 2.86 bits per heavy atom. The lowest BCUT2D eigenvalue weighted by atomic mass is 10.3. The van der Waals surface area contributed by atoms with Crippen molar-refractivity contribution in [3.63, 3.8) is 0 Å². The highest BCUT2D eigenvalue weighted by atomic mass is 32.2. The van der Waals surface area contributed by atoms with Gasteiger partial charge in [-0.2, -0.15) is 0 Å². The zero-order chi connectivity index (χ0) is 15.9. The van der Waals surface area contributed by atoms with Crippen LogP contribution in [0.4, 0.5) is 11.6 Å². The number of hydrogen-bond acceptors (Lipinski definition) is 6.